The highest BCUT2D eigenvalue weighted by Crippen LogP contribution is 2.36. The van der Waals surface area contributed by atoms with Crippen LogP contribution >= 0.6 is 0 Å². The molecular weight excluding hydrogens is 400 g/mol. The van der Waals surface area contributed by atoms with E-state index in [0.717, 1.165) is 11.1 Å². The summed E-state index contributed by atoms with van der Waals surface area (Å²) in [6.07, 6.45) is 0. The van der Waals surface area contributed by atoms with Crippen LogP contribution in [-0.2, 0) is 0 Å². The Labute approximate surface area is 184 Å². The van der Waals surface area contributed by atoms with Gasteiger partial charge in [-0.15, -0.1) is 0 Å². The number of carbonyl (C=O) groups is 3. The fraction of sp³-hybridized carbons (Fsp3) is 0. The van der Waals surface area contributed by atoms with Gasteiger partial charge in [-0.05, 0) is 53.6 Å². The second kappa shape index (κ2) is 7.96. The summed E-state index contributed by atoms with van der Waals surface area (Å²) in [6, 6.07) is 28.4. The average Bonchev–Trinajstić information content (AvgIpc) is 3.11. The Kier molecular flexibility index (Phi) is 4.84. The maximum Gasteiger partial charge on any atom is 0.255 e. The molecule has 5 nitrogen and oxygen atoms in total. The molecule has 4 aromatic carbocycles. The van der Waals surface area contributed by atoms with Crippen LogP contribution in [0.2, 0.25) is 0 Å². The summed E-state index contributed by atoms with van der Waals surface area (Å²) in [5.41, 5.74) is 4.96. The van der Waals surface area contributed by atoms with E-state index in [0.29, 0.717) is 33.6 Å². The van der Waals surface area contributed by atoms with E-state index in [9.17, 15) is 14.4 Å². The standard InChI is InChI=1S/C27H18N2O3/c30-25-23-12-5-4-11-21(23)22-14-13-18(15-24(22)25)27(32)29-20-10-6-9-19(16-20)28-26(31)17-7-2-1-3-8-17/h1-16H,(H,28,31)(H,29,32). The SMILES string of the molecule is O=C(Nc1cccc(NC(=O)c2ccc3c(c2)C(=O)c2ccccc2-3)c1)c1ccccc1. The number of rotatable bonds is 4. The second-order valence-corrected chi connectivity index (χ2v) is 7.49. The van der Waals surface area contributed by atoms with Crippen molar-refractivity contribution in [2.45, 2.75) is 0 Å². The van der Waals surface area contributed by atoms with Crippen LogP contribution in [0.15, 0.2) is 97.1 Å². The number of fused-ring (bicyclic) bond motifs is 3. The first kappa shape index (κ1) is 19.5. The monoisotopic (exact) mass is 418 g/mol. The third-order valence-corrected chi connectivity index (χ3v) is 5.40. The molecule has 0 aromatic heterocycles. The van der Waals surface area contributed by atoms with Gasteiger partial charge in [-0.3, -0.25) is 14.4 Å². The highest BCUT2D eigenvalue weighted by atomic mass is 16.2. The van der Waals surface area contributed by atoms with Crippen LogP contribution in [0.1, 0.15) is 36.6 Å². The highest BCUT2D eigenvalue weighted by Gasteiger charge is 2.27. The Bertz CT molecular complexity index is 1380. The van der Waals surface area contributed by atoms with Crippen molar-refractivity contribution in [3.8, 4) is 11.1 Å². The molecule has 0 heterocycles. The highest BCUT2D eigenvalue weighted by molar-refractivity contribution is 6.22. The van der Waals surface area contributed by atoms with E-state index < -0.39 is 0 Å². The van der Waals surface area contributed by atoms with Crippen LogP contribution in [0.25, 0.3) is 11.1 Å². The number of hydrogen-bond acceptors (Lipinski definition) is 3. The lowest BCUT2D eigenvalue weighted by Gasteiger charge is -2.10. The average molecular weight is 418 g/mol. The van der Waals surface area contributed by atoms with Crippen LogP contribution in [-0.4, -0.2) is 17.6 Å². The molecule has 0 fully saturated rings. The molecule has 0 saturated heterocycles. The number of ketones is 1. The lowest BCUT2D eigenvalue weighted by Crippen LogP contribution is -2.14. The number of benzene rings is 4. The van der Waals surface area contributed by atoms with Crippen LogP contribution in [0.3, 0.4) is 0 Å². The molecule has 32 heavy (non-hydrogen) atoms. The van der Waals surface area contributed by atoms with Gasteiger partial charge in [-0.25, -0.2) is 0 Å². The van der Waals surface area contributed by atoms with E-state index in [1.54, 1.807) is 66.7 Å². The van der Waals surface area contributed by atoms with Crippen molar-refractivity contribution in [3.63, 3.8) is 0 Å². The van der Waals surface area contributed by atoms with Gasteiger partial charge in [0.2, 0.25) is 0 Å². The minimum Gasteiger partial charge on any atom is -0.322 e. The zero-order chi connectivity index (χ0) is 22.1. The molecule has 5 rings (SSSR count). The minimum absolute atomic E-state index is 0.0733. The Morgan fingerprint density at radius 1 is 0.500 bits per heavy atom. The van der Waals surface area contributed by atoms with Crippen LogP contribution in [0, 0.1) is 0 Å². The van der Waals surface area contributed by atoms with E-state index in [4.69, 9.17) is 0 Å². The van der Waals surface area contributed by atoms with Gasteiger partial charge in [-0.2, -0.15) is 0 Å². The number of amides is 2. The predicted molar refractivity (Wildman–Crippen MR) is 124 cm³/mol. The molecule has 154 valence electrons. The molecule has 4 aromatic rings. The van der Waals surface area contributed by atoms with E-state index in [1.807, 2.05) is 30.3 Å². The minimum atomic E-state index is -0.330. The summed E-state index contributed by atoms with van der Waals surface area (Å²) in [6.45, 7) is 0. The van der Waals surface area contributed by atoms with Crippen LogP contribution in [0.5, 0.6) is 0 Å². The lowest BCUT2D eigenvalue weighted by molar-refractivity contribution is 0.101. The van der Waals surface area contributed by atoms with Gasteiger partial charge in [0.05, 0.1) is 0 Å². The van der Waals surface area contributed by atoms with Crippen molar-refractivity contribution in [2.24, 2.45) is 0 Å². The van der Waals surface area contributed by atoms with E-state index in [1.165, 1.54) is 0 Å². The molecule has 0 saturated carbocycles. The summed E-state index contributed by atoms with van der Waals surface area (Å²) in [5.74, 6) is -0.634. The van der Waals surface area contributed by atoms with Gasteiger partial charge in [0.15, 0.2) is 5.78 Å². The van der Waals surface area contributed by atoms with Gasteiger partial charge >= 0.3 is 0 Å². The molecule has 2 amide bonds. The zero-order valence-electron chi connectivity index (χ0n) is 17.0. The molecule has 2 N–H and O–H groups in total. The van der Waals surface area contributed by atoms with Gasteiger partial charge in [0, 0.05) is 33.6 Å². The van der Waals surface area contributed by atoms with Crippen molar-refractivity contribution < 1.29 is 14.4 Å². The first-order chi connectivity index (χ1) is 15.6. The zero-order valence-corrected chi connectivity index (χ0v) is 17.0. The Morgan fingerprint density at radius 3 is 1.81 bits per heavy atom. The molecule has 0 spiro atoms. The van der Waals surface area contributed by atoms with Gasteiger partial charge in [-0.1, -0.05) is 54.6 Å². The molecule has 0 atom stereocenters. The Balaban J connectivity index is 1.34. The fourth-order valence-electron chi connectivity index (χ4n) is 3.84. The summed E-state index contributed by atoms with van der Waals surface area (Å²) >= 11 is 0. The molecule has 0 aliphatic heterocycles. The van der Waals surface area contributed by atoms with Crippen molar-refractivity contribution in [3.05, 3.63) is 119 Å². The van der Waals surface area contributed by atoms with Gasteiger partial charge in [0.25, 0.3) is 11.8 Å². The molecule has 5 heteroatoms. The second-order valence-electron chi connectivity index (χ2n) is 7.49. The molecule has 0 unspecified atom stereocenters. The molecular formula is C27H18N2O3. The van der Waals surface area contributed by atoms with Crippen LogP contribution < -0.4 is 10.6 Å². The van der Waals surface area contributed by atoms with Crippen molar-refractivity contribution in [1.29, 1.82) is 0 Å². The molecule has 0 radical (unpaired) electrons. The summed E-state index contributed by atoms with van der Waals surface area (Å²) in [4.78, 5) is 37.9. The van der Waals surface area contributed by atoms with E-state index in [2.05, 4.69) is 10.6 Å². The first-order valence-corrected chi connectivity index (χ1v) is 10.2. The topological polar surface area (TPSA) is 75.3 Å². The third kappa shape index (κ3) is 3.56. The number of carbonyl (C=O) groups excluding carboxylic acids is 3. The van der Waals surface area contributed by atoms with E-state index in [-0.39, 0.29) is 17.6 Å². The van der Waals surface area contributed by atoms with E-state index >= 15 is 0 Å². The third-order valence-electron chi connectivity index (χ3n) is 5.40. The molecule has 0 bridgehead atoms. The summed E-state index contributed by atoms with van der Waals surface area (Å²) < 4.78 is 0. The Morgan fingerprint density at radius 2 is 1.09 bits per heavy atom. The number of anilines is 2. The Hall–Kier alpha value is -4.51. The largest absolute Gasteiger partial charge is 0.322 e. The normalized spacial score (nSPS) is 11.4. The van der Waals surface area contributed by atoms with Crippen molar-refractivity contribution >= 4 is 29.0 Å². The number of nitrogens with one attached hydrogen (secondary N) is 2. The summed E-state index contributed by atoms with van der Waals surface area (Å²) in [7, 11) is 0. The maximum absolute atomic E-state index is 12.8. The van der Waals surface area contributed by atoms with Gasteiger partial charge in [0.1, 0.15) is 0 Å². The molecule has 1 aliphatic rings. The maximum atomic E-state index is 12.8. The summed E-state index contributed by atoms with van der Waals surface area (Å²) in [5, 5.41) is 5.66. The lowest BCUT2D eigenvalue weighted by atomic mass is 10.0. The smallest absolute Gasteiger partial charge is 0.255 e. The van der Waals surface area contributed by atoms with Crippen molar-refractivity contribution in [1.82, 2.24) is 0 Å². The predicted octanol–water partition coefficient (Wildman–Crippen LogP) is 5.40. The first-order valence-electron chi connectivity index (χ1n) is 10.2. The van der Waals surface area contributed by atoms with Crippen molar-refractivity contribution in [2.75, 3.05) is 10.6 Å². The van der Waals surface area contributed by atoms with Gasteiger partial charge < -0.3 is 10.6 Å². The van der Waals surface area contributed by atoms with Crippen LogP contribution in [0.4, 0.5) is 11.4 Å². The molecule has 1 aliphatic carbocycles. The fourth-order valence-corrected chi connectivity index (χ4v) is 3.84. The quantitative estimate of drug-likeness (QED) is 0.410. The number of hydrogen-bond donors (Lipinski definition) is 2.